The van der Waals surface area contributed by atoms with E-state index in [0.717, 1.165) is 83.9 Å². The second-order valence-electron chi connectivity index (χ2n) is 8.89. The molecule has 0 unspecified atom stereocenters. The van der Waals surface area contributed by atoms with Crippen molar-refractivity contribution in [1.29, 1.82) is 0 Å². The van der Waals surface area contributed by atoms with Crippen molar-refractivity contribution in [2.75, 3.05) is 71.0 Å². The summed E-state index contributed by atoms with van der Waals surface area (Å²) in [6.45, 7) is 7.82. The summed E-state index contributed by atoms with van der Waals surface area (Å²) < 4.78 is 10.4. The molecule has 0 aromatic heterocycles. The minimum Gasteiger partial charge on any atom is -0.468 e. The van der Waals surface area contributed by atoms with Gasteiger partial charge in [0.15, 0.2) is 0 Å². The number of piperidine rings is 1. The van der Waals surface area contributed by atoms with Crippen LogP contribution in [0.4, 0.5) is 5.69 Å². The zero-order valence-corrected chi connectivity index (χ0v) is 19.1. The van der Waals surface area contributed by atoms with Gasteiger partial charge < -0.3 is 19.7 Å². The fraction of sp³-hybridized carbons (Fsp3) is 0.667. The van der Waals surface area contributed by atoms with Crippen LogP contribution in [-0.4, -0.2) is 99.9 Å². The Morgan fingerprint density at radius 1 is 1.03 bits per heavy atom. The lowest BCUT2D eigenvalue weighted by Gasteiger charge is -2.39. The zero-order valence-electron chi connectivity index (χ0n) is 19.1. The molecule has 3 heterocycles. The number of likely N-dealkylation sites (tertiary alicyclic amines) is 1. The number of benzene rings is 1. The largest absolute Gasteiger partial charge is 0.468 e. The van der Waals surface area contributed by atoms with Crippen molar-refractivity contribution in [2.45, 2.75) is 37.8 Å². The lowest BCUT2D eigenvalue weighted by Crippen LogP contribution is -2.49. The van der Waals surface area contributed by atoms with E-state index in [4.69, 9.17) is 9.47 Å². The van der Waals surface area contributed by atoms with Crippen molar-refractivity contribution >= 4 is 17.6 Å². The maximum atomic E-state index is 12.5. The van der Waals surface area contributed by atoms with Gasteiger partial charge in [0.25, 0.3) is 5.91 Å². The molecule has 4 rings (SSSR count). The number of morpholine rings is 1. The van der Waals surface area contributed by atoms with Crippen LogP contribution in [0.15, 0.2) is 24.3 Å². The van der Waals surface area contributed by atoms with Gasteiger partial charge in [-0.15, -0.1) is 0 Å². The van der Waals surface area contributed by atoms with Crippen molar-refractivity contribution in [3.63, 3.8) is 0 Å². The maximum Gasteiger partial charge on any atom is 0.323 e. The maximum absolute atomic E-state index is 12.5. The molecule has 0 radical (unpaired) electrons. The van der Waals surface area contributed by atoms with Crippen molar-refractivity contribution in [3.05, 3.63) is 29.8 Å². The molecular formula is C24H36N4O4. The van der Waals surface area contributed by atoms with E-state index in [2.05, 4.69) is 20.0 Å². The Morgan fingerprint density at radius 3 is 2.44 bits per heavy atom. The Balaban J connectivity index is 1.23. The van der Waals surface area contributed by atoms with E-state index >= 15 is 0 Å². The number of nitrogens with zero attached hydrogens (tertiary/aromatic N) is 3. The van der Waals surface area contributed by atoms with Crippen LogP contribution in [-0.2, 0) is 14.3 Å². The highest BCUT2D eigenvalue weighted by Gasteiger charge is 2.37. The second-order valence-corrected chi connectivity index (χ2v) is 8.89. The number of methoxy groups -OCH3 is 1. The van der Waals surface area contributed by atoms with Gasteiger partial charge in [-0.05, 0) is 56.5 Å². The number of hydrogen-bond acceptors (Lipinski definition) is 7. The first-order valence-corrected chi connectivity index (χ1v) is 11.9. The summed E-state index contributed by atoms with van der Waals surface area (Å²) in [5.74, 6) is -0.116. The third-order valence-corrected chi connectivity index (χ3v) is 7.01. The van der Waals surface area contributed by atoms with Crippen LogP contribution < -0.4 is 10.2 Å². The van der Waals surface area contributed by atoms with Gasteiger partial charge >= 0.3 is 5.97 Å². The number of ether oxygens (including phenoxy) is 2. The fourth-order valence-corrected chi connectivity index (χ4v) is 5.15. The van der Waals surface area contributed by atoms with Gasteiger partial charge in [-0.1, -0.05) is 0 Å². The monoisotopic (exact) mass is 444 g/mol. The number of esters is 1. The highest BCUT2D eigenvalue weighted by molar-refractivity contribution is 5.94. The standard InChI is InChI=1S/C24H36N4O4/c1-31-24(30)22-3-2-11-28(22)21-8-12-27(13-9-21)20-6-4-19(5-7-20)23(29)25-10-14-26-15-17-32-18-16-26/h4-7,21-22H,2-3,8-18H2,1H3,(H,25,29)/t22-/m0/s1. The number of nitrogens with one attached hydrogen (secondary N) is 1. The summed E-state index contributed by atoms with van der Waals surface area (Å²) in [7, 11) is 1.48. The molecule has 0 aliphatic carbocycles. The molecule has 176 valence electrons. The predicted molar refractivity (Wildman–Crippen MR) is 123 cm³/mol. The first kappa shape index (κ1) is 23.0. The van der Waals surface area contributed by atoms with Gasteiger partial charge in [0.1, 0.15) is 6.04 Å². The Morgan fingerprint density at radius 2 is 1.75 bits per heavy atom. The first-order chi connectivity index (χ1) is 15.7. The molecule has 0 bridgehead atoms. The molecule has 1 N–H and O–H groups in total. The molecule has 3 aliphatic rings. The lowest BCUT2D eigenvalue weighted by atomic mass is 10.0. The molecule has 3 saturated heterocycles. The third kappa shape index (κ3) is 5.60. The number of anilines is 1. The molecule has 3 aliphatic heterocycles. The molecule has 1 aromatic carbocycles. The minimum atomic E-state index is -0.0938. The van der Waals surface area contributed by atoms with Gasteiger partial charge in [-0.25, -0.2) is 0 Å². The summed E-state index contributed by atoms with van der Waals surface area (Å²) in [6.07, 6.45) is 4.05. The van der Waals surface area contributed by atoms with Crippen LogP contribution in [0.25, 0.3) is 0 Å². The molecule has 1 aromatic rings. The Hall–Kier alpha value is -2.16. The van der Waals surface area contributed by atoms with Crippen LogP contribution >= 0.6 is 0 Å². The highest BCUT2D eigenvalue weighted by Crippen LogP contribution is 2.28. The van der Waals surface area contributed by atoms with Gasteiger partial charge in [-0.3, -0.25) is 19.4 Å². The van der Waals surface area contributed by atoms with Crippen LogP contribution in [0.3, 0.4) is 0 Å². The van der Waals surface area contributed by atoms with Gasteiger partial charge in [-0.2, -0.15) is 0 Å². The molecule has 32 heavy (non-hydrogen) atoms. The Bertz CT molecular complexity index is 758. The predicted octanol–water partition coefficient (Wildman–Crippen LogP) is 1.35. The highest BCUT2D eigenvalue weighted by atomic mass is 16.5. The molecule has 8 nitrogen and oxygen atoms in total. The molecule has 1 amide bonds. The van der Waals surface area contributed by atoms with E-state index in [9.17, 15) is 9.59 Å². The van der Waals surface area contributed by atoms with Gasteiger partial charge in [0.05, 0.1) is 20.3 Å². The Kier molecular flexibility index (Phi) is 8.00. The number of amides is 1. The lowest BCUT2D eigenvalue weighted by molar-refractivity contribution is -0.146. The topological polar surface area (TPSA) is 74.4 Å². The SMILES string of the molecule is COC(=O)[C@@H]1CCCN1C1CCN(c2ccc(C(=O)NCCN3CCOCC3)cc2)CC1. The van der Waals surface area contributed by atoms with Crippen molar-refractivity contribution < 1.29 is 19.1 Å². The van der Waals surface area contributed by atoms with Crippen LogP contribution in [0.5, 0.6) is 0 Å². The fourth-order valence-electron chi connectivity index (χ4n) is 5.15. The zero-order chi connectivity index (χ0) is 22.3. The normalized spacial score (nSPS) is 23.3. The summed E-state index contributed by atoms with van der Waals surface area (Å²) in [5, 5.41) is 3.02. The molecular weight excluding hydrogens is 408 g/mol. The van der Waals surface area contributed by atoms with Crippen LogP contribution in [0.2, 0.25) is 0 Å². The van der Waals surface area contributed by atoms with E-state index in [1.54, 1.807) is 0 Å². The summed E-state index contributed by atoms with van der Waals surface area (Å²) >= 11 is 0. The van der Waals surface area contributed by atoms with Crippen molar-refractivity contribution in [2.24, 2.45) is 0 Å². The summed E-state index contributed by atoms with van der Waals surface area (Å²) in [5.41, 5.74) is 1.85. The average Bonchev–Trinajstić information content (AvgIpc) is 3.34. The minimum absolute atomic E-state index is 0.0218. The number of hydrogen-bond donors (Lipinski definition) is 1. The number of carbonyl (C=O) groups is 2. The smallest absolute Gasteiger partial charge is 0.323 e. The Labute approximate surface area is 190 Å². The second kappa shape index (κ2) is 11.1. The van der Waals surface area contributed by atoms with Crippen LogP contribution in [0.1, 0.15) is 36.0 Å². The number of rotatable bonds is 7. The van der Waals surface area contributed by atoms with Gasteiger partial charge in [0.2, 0.25) is 0 Å². The first-order valence-electron chi connectivity index (χ1n) is 11.9. The van der Waals surface area contributed by atoms with E-state index in [-0.39, 0.29) is 17.9 Å². The van der Waals surface area contributed by atoms with E-state index < -0.39 is 0 Å². The molecule has 3 fully saturated rings. The van der Waals surface area contributed by atoms with E-state index in [0.29, 0.717) is 18.2 Å². The van der Waals surface area contributed by atoms with Crippen molar-refractivity contribution in [3.8, 4) is 0 Å². The summed E-state index contributed by atoms with van der Waals surface area (Å²) in [6, 6.07) is 8.29. The van der Waals surface area contributed by atoms with Gasteiger partial charge in [0, 0.05) is 56.6 Å². The average molecular weight is 445 g/mol. The summed E-state index contributed by atoms with van der Waals surface area (Å²) in [4.78, 5) is 31.6. The number of carbonyl (C=O) groups excluding carboxylic acids is 2. The van der Waals surface area contributed by atoms with E-state index in [1.807, 2.05) is 24.3 Å². The quantitative estimate of drug-likeness (QED) is 0.637. The molecule has 8 heteroatoms. The molecule has 1 atom stereocenters. The van der Waals surface area contributed by atoms with E-state index in [1.165, 1.54) is 7.11 Å². The van der Waals surface area contributed by atoms with Crippen molar-refractivity contribution in [1.82, 2.24) is 15.1 Å². The molecule has 0 spiro atoms. The van der Waals surface area contributed by atoms with Crippen LogP contribution in [0, 0.1) is 0 Å². The third-order valence-electron chi connectivity index (χ3n) is 7.01. The molecule has 0 saturated carbocycles.